The van der Waals surface area contributed by atoms with Gasteiger partial charge in [-0.05, 0) is 51.9 Å². The topological polar surface area (TPSA) is 41.6 Å². The fourth-order valence-corrected chi connectivity index (χ4v) is 4.06. The highest BCUT2D eigenvalue weighted by atomic mass is 16.6. The van der Waals surface area contributed by atoms with Crippen molar-refractivity contribution in [2.24, 2.45) is 11.8 Å². The van der Waals surface area contributed by atoms with E-state index in [1.165, 1.54) is 51.6 Å². The molecule has 0 aromatic heterocycles. The first-order valence-electron chi connectivity index (χ1n) is 9.57. The van der Waals surface area contributed by atoms with Crippen LogP contribution in [0.15, 0.2) is 0 Å². The molecule has 1 saturated heterocycles. The van der Waals surface area contributed by atoms with Gasteiger partial charge in [0.15, 0.2) is 0 Å². The van der Waals surface area contributed by atoms with Gasteiger partial charge in [0.25, 0.3) is 0 Å². The van der Waals surface area contributed by atoms with E-state index in [1.54, 1.807) is 0 Å². The Morgan fingerprint density at radius 3 is 2.43 bits per heavy atom. The first-order valence-corrected chi connectivity index (χ1v) is 9.57. The quantitative estimate of drug-likeness (QED) is 0.843. The summed E-state index contributed by atoms with van der Waals surface area (Å²) >= 11 is 0. The van der Waals surface area contributed by atoms with Gasteiger partial charge in [-0.3, -0.25) is 0 Å². The van der Waals surface area contributed by atoms with Crippen molar-refractivity contribution in [2.75, 3.05) is 19.6 Å². The monoisotopic (exact) mass is 324 g/mol. The number of rotatable bonds is 4. The Morgan fingerprint density at radius 2 is 1.83 bits per heavy atom. The number of hydrogen-bond donors (Lipinski definition) is 1. The second kappa shape index (κ2) is 8.36. The highest BCUT2D eigenvalue weighted by Crippen LogP contribution is 2.27. The van der Waals surface area contributed by atoms with Gasteiger partial charge < -0.3 is 15.0 Å². The van der Waals surface area contributed by atoms with E-state index in [9.17, 15) is 4.79 Å². The van der Waals surface area contributed by atoms with Crippen LogP contribution in [-0.2, 0) is 4.74 Å². The Labute approximate surface area is 142 Å². The summed E-state index contributed by atoms with van der Waals surface area (Å²) in [6, 6.07) is 0.229. The summed E-state index contributed by atoms with van der Waals surface area (Å²) in [6.07, 6.45) is 8.98. The van der Waals surface area contributed by atoms with Crippen LogP contribution in [0, 0.1) is 11.8 Å². The van der Waals surface area contributed by atoms with Gasteiger partial charge in [0, 0.05) is 25.7 Å². The summed E-state index contributed by atoms with van der Waals surface area (Å²) in [6.45, 7) is 11.4. The van der Waals surface area contributed by atoms with Gasteiger partial charge in [0.2, 0.25) is 0 Å². The van der Waals surface area contributed by atoms with E-state index < -0.39 is 5.60 Å². The molecule has 2 fully saturated rings. The molecule has 0 spiro atoms. The molecule has 2 unspecified atom stereocenters. The van der Waals surface area contributed by atoms with Gasteiger partial charge in [-0.15, -0.1) is 0 Å². The molecule has 0 radical (unpaired) electrons. The molecule has 2 atom stereocenters. The average molecular weight is 325 g/mol. The van der Waals surface area contributed by atoms with Crippen molar-refractivity contribution >= 4 is 6.09 Å². The zero-order chi connectivity index (χ0) is 16.9. The maximum absolute atomic E-state index is 12.1. The zero-order valence-corrected chi connectivity index (χ0v) is 15.6. The van der Waals surface area contributed by atoms with Crippen molar-refractivity contribution in [1.82, 2.24) is 10.2 Å². The molecule has 2 rings (SSSR count). The van der Waals surface area contributed by atoms with Crippen LogP contribution in [0.1, 0.15) is 72.6 Å². The second-order valence-corrected chi connectivity index (χ2v) is 8.58. The maximum Gasteiger partial charge on any atom is 0.407 e. The zero-order valence-electron chi connectivity index (χ0n) is 15.6. The van der Waals surface area contributed by atoms with E-state index in [4.69, 9.17) is 4.74 Å². The fourth-order valence-electron chi connectivity index (χ4n) is 4.06. The van der Waals surface area contributed by atoms with Crippen LogP contribution in [0.2, 0.25) is 0 Å². The van der Waals surface area contributed by atoms with Crippen LogP contribution < -0.4 is 5.32 Å². The lowest BCUT2D eigenvalue weighted by atomic mass is 9.87. The van der Waals surface area contributed by atoms with Crippen molar-refractivity contribution in [3.63, 3.8) is 0 Å². The fraction of sp³-hybridized carbons (Fsp3) is 0.947. The Kier molecular flexibility index (Phi) is 6.75. The molecule has 4 nitrogen and oxygen atoms in total. The summed E-state index contributed by atoms with van der Waals surface area (Å²) in [4.78, 5) is 14.7. The molecule has 134 valence electrons. The maximum atomic E-state index is 12.1. The highest BCUT2D eigenvalue weighted by Gasteiger charge is 2.30. The molecule has 1 saturated carbocycles. The van der Waals surface area contributed by atoms with Gasteiger partial charge in [-0.25, -0.2) is 4.79 Å². The molecule has 0 aromatic rings. The van der Waals surface area contributed by atoms with Crippen molar-refractivity contribution in [1.29, 1.82) is 0 Å². The number of hydrogen-bond acceptors (Lipinski definition) is 3. The molecule has 1 amide bonds. The molecular weight excluding hydrogens is 288 g/mol. The summed E-state index contributed by atoms with van der Waals surface area (Å²) in [5, 5.41) is 3.10. The largest absolute Gasteiger partial charge is 0.444 e. The third kappa shape index (κ3) is 6.70. The normalized spacial score (nSPS) is 27.7. The van der Waals surface area contributed by atoms with Crippen molar-refractivity contribution < 1.29 is 9.53 Å². The first kappa shape index (κ1) is 18.6. The number of carbonyl (C=O) groups is 1. The molecule has 23 heavy (non-hydrogen) atoms. The number of ether oxygens (including phenoxy) is 1. The minimum atomic E-state index is -0.426. The lowest BCUT2D eigenvalue weighted by Crippen LogP contribution is -2.52. The smallest absolute Gasteiger partial charge is 0.407 e. The summed E-state index contributed by atoms with van der Waals surface area (Å²) in [7, 11) is 0. The van der Waals surface area contributed by atoms with Gasteiger partial charge in [-0.2, -0.15) is 0 Å². The van der Waals surface area contributed by atoms with E-state index in [2.05, 4.69) is 17.1 Å². The number of carbonyl (C=O) groups excluding carboxylic acids is 1. The Hall–Kier alpha value is -0.770. The van der Waals surface area contributed by atoms with Crippen LogP contribution >= 0.6 is 0 Å². The minimum Gasteiger partial charge on any atom is -0.444 e. The van der Waals surface area contributed by atoms with Gasteiger partial charge in [0.1, 0.15) is 5.60 Å². The lowest BCUT2D eigenvalue weighted by molar-refractivity contribution is 0.0433. The van der Waals surface area contributed by atoms with Gasteiger partial charge >= 0.3 is 6.09 Å². The van der Waals surface area contributed by atoms with Gasteiger partial charge in [-0.1, -0.05) is 32.6 Å². The standard InChI is InChI=1S/C19H36N2O2/c1-5-15-11-17(20-18(22)23-19(2,3)4)14-21(12-15)13-16-9-7-6-8-10-16/h15-17H,5-14H2,1-4H3,(H,20,22). The van der Waals surface area contributed by atoms with E-state index in [0.29, 0.717) is 5.92 Å². The number of nitrogens with one attached hydrogen (secondary N) is 1. The van der Waals surface area contributed by atoms with E-state index in [1.807, 2.05) is 20.8 Å². The predicted octanol–water partition coefficient (Wildman–Crippen LogP) is 4.19. The minimum absolute atomic E-state index is 0.229. The van der Waals surface area contributed by atoms with E-state index >= 15 is 0 Å². The molecule has 1 N–H and O–H groups in total. The molecule has 1 aliphatic heterocycles. The summed E-state index contributed by atoms with van der Waals surface area (Å²) < 4.78 is 5.43. The Bertz CT molecular complexity index is 372. The summed E-state index contributed by atoms with van der Waals surface area (Å²) in [5.74, 6) is 1.55. The highest BCUT2D eigenvalue weighted by molar-refractivity contribution is 5.68. The molecule has 2 aliphatic rings. The molecule has 4 heteroatoms. The van der Waals surface area contributed by atoms with Crippen LogP contribution in [-0.4, -0.2) is 42.3 Å². The number of likely N-dealkylation sites (tertiary alicyclic amines) is 1. The van der Waals surface area contributed by atoms with Crippen LogP contribution in [0.5, 0.6) is 0 Å². The average Bonchev–Trinajstić information content (AvgIpc) is 2.45. The van der Waals surface area contributed by atoms with Crippen LogP contribution in [0.3, 0.4) is 0 Å². The first-order chi connectivity index (χ1) is 10.9. The van der Waals surface area contributed by atoms with Crippen molar-refractivity contribution in [3.8, 4) is 0 Å². The van der Waals surface area contributed by atoms with E-state index in [0.717, 1.165) is 18.9 Å². The lowest BCUT2D eigenvalue weighted by Gasteiger charge is -2.40. The Morgan fingerprint density at radius 1 is 1.13 bits per heavy atom. The number of nitrogens with zero attached hydrogens (tertiary/aromatic N) is 1. The summed E-state index contributed by atoms with van der Waals surface area (Å²) in [5.41, 5.74) is -0.426. The Balaban J connectivity index is 1.85. The third-order valence-corrected chi connectivity index (χ3v) is 5.15. The molecule has 0 bridgehead atoms. The van der Waals surface area contributed by atoms with Crippen LogP contribution in [0.4, 0.5) is 4.79 Å². The van der Waals surface area contributed by atoms with E-state index in [-0.39, 0.29) is 12.1 Å². The SMILES string of the molecule is CCC1CC(NC(=O)OC(C)(C)C)CN(CC2CCCCC2)C1. The molecule has 1 aliphatic carbocycles. The number of alkyl carbamates (subject to hydrolysis) is 1. The third-order valence-electron chi connectivity index (χ3n) is 5.15. The number of amides is 1. The van der Waals surface area contributed by atoms with Crippen molar-refractivity contribution in [3.05, 3.63) is 0 Å². The molecule has 1 heterocycles. The van der Waals surface area contributed by atoms with Crippen LogP contribution in [0.25, 0.3) is 0 Å². The number of piperidine rings is 1. The second-order valence-electron chi connectivity index (χ2n) is 8.58. The molecular formula is C19H36N2O2. The van der Waals surface area contributed by atoms with Gasteiger partial charge in [0.05, 0.1) is 0 Å². The molecule has 0 aromatic carbocycles. The predicted molar refractivity (Wildman–Crippen MR) is 94.6 cm³/mol. The van der Waals surface area contributed by atoms with Crippen molar-refractivity contribution in [2.45, 2.75) is 84.3 Å².